The van der Waals surface area contributed by atoms with Crippen molar-refractivity contribution in [1.82, 2.24) is 8.87 Å². The van der Waals surface area contributed by atoms with Gasteiger partial charge in [-0.25, -0.2) is 17.2 Å². The number of fused-ring (bicyclic) bond motifs is 1. The second kappa shape index (κ2) is 8.47. The standard InChI is InChI=1S/C21H21F2N3O4S2/c1-12-10-26(11-13(2)30-12)32(28,29)16-6-4-14(5-7-16)20(27)24-21-25(3)19-17(23)8-15(22)9-18(19)31-21/h4-9,12-13H,10-11H2,1-3H3/t12-,13+. The topological polar surface area (TPSA) is 81.0 Å². The Morgan fingerprint density at radius 3 is 2.38 bits per heavy atom. The maximum Gasteiger partial charge on any atom is 0.279 e. The maximum absolute atomic E-state index is 14.1. The number of benzene rings is 2. The molecular weight excluding hydrogens is 460 g/mol. The van der Waals surface area contributed by atoms with E-state index >= 15 is 0 Å². The monoisotopic (exact) mass is 481 g/mol. The number of thiazole rings is 1. The molecule has 32 heavy (non-hydrogen) atoms. The smallest absolute Gasteiger partial charge is 0.279 e. The molecule has 0 spiro atoms. The van der Waals surface area contributed by atoms with Crippen molar-refractivity contribution in [2.24, 2.45) is 12.0 Å². The highest BCUT2D eigenvalue weighted by atomic mass is 32.2. The predicted molar refractivity (Wildman–Crippen MR) is 116 cm³/mol. The lowest BCUT2D eigenvalue weighted by molar-refractivity contribution is -0.0440. The van der Waals surface area contributed by atoms with Crippen LogP contribution in [0, 0.1) is 11.6 Å². The molecule has 1 fully saturated rings. The van der Waals surface area contributed by atoms with Crippen LogP contribution in [0.25, 0.3) is 10.2 Å². The minimum Gasteiger partial charge on any atom is -0.373 e. The van der Waals surface area contributed by atoms with E-state index in [9.17, 15) is 22.0 Å². The first-order chi connectivity index (χ1) is 15.1. The summed E-state index contributed by atoms with van der Waals surface area (Å²) in [5.74, 6) is -2.07. The van der Waals surface area contributed by atoms with Gasteiger partial charge in [-0.05, 0) is 44.2 Å². The molecule has 1 saturated heterocycles. The zero-order valence-electron chi connectivity index (χ0n) is 17.6. The number of aromatic nitrogens is 1. The van der Waals surface area contributed by atoms with Crippen LogP contribution < -0.4 is 4.80 Å². The molecule has 0 aliphatic carbocycles. The summed E-state index contributed by atoms with van der Waals surface area (Å²) >= 11 is 0.983. The van der Waals surface area contributed by atoms with E-state index in [0.717, 1.165) is 17.4 Å². The maximum atomic E-state index is 14.1. The number of halogens is 2. The number of ether oxygens (including phenoxy) is 1. The molecule has 1 aliphatic heterocycles. The Kier molecular flexibility index (Phi) is 6.01. The molecule has 0 unspecified atom stereocenters. The van der Waals surface area contributed by atoms with Crippen molar-refractivity contribution in [1.29, 1.82) is 0 Å². The normalized spacial score (nSPS) is 20.7. The Labute approximate surface area is 187 Å². The molecule has 11 heteroatoms. The average molecular weight is 482 g/mol. The molecule has 7 nitrogen and oxygen atoms in total. The van der Waals surface area contributed by atoms with Crippen LogP contribution in [0.2, 0.25) is 0 Å². The summed E-state index contributed by atoms with van der Waals surface area (Å²) in [6.07, 6.45) is -0.429. The van der Waals surface area contributed by atoms with Crippen LogP contribution in [0.15, 0.2) is 46.3 Å². The van der Waals surface area contributed by atoms with E-state index < -0.39 is 27.6 Å². The Balaban J connectivity index is 1.62. The van der Waals surface area contributed by atoms with Gasteiger partial charge in [-0.1, -0.05) is 11.3 Å². The number of hydrogen-bond donors (Lipinski definition) is 0. The quantitative estimate of drug-likeness (QED) is 0.576. The van der Waals surface area contributed by atoms with Gasteiger partial charge >= 0.3 is 0 Å². The fourth-order valence-corrected chi connectivity index (χ4v) is 6.35. The van der Waals surface area contributed by atoms with Crippen molar-refractivity contribution in [3.63, 3.8) is 0 Å². The van der Waals surface area contributed by atoms with Gasteiger partial charge in [-0.15, -0.1) is 0 Å². The van der Waals surface area contributed by atoms with E-state index in [1.807, 2.05) is 13.8 Å². The molecule has 0 bridgehead atoms. The van der Waals surface area contributed by atoms with E-state index in [0.29, 0.717) is 4.70 Å². The average Bonchev–Trinajstić information content (AvgIpc) is 3.02. The van der Waals surface area contributed by atoms with Gasteiger partial charge in [0.2, 0.25) is 10.0 Å². The van der Waals surface area contributed by atoms with Crippen LogP contribution in [0.1, 0.15) is 24.2 Å². The molecule has 1 aromatic heterocycles. The zero-order chi connectivity index (χ0) is 23.2. The Morgan fingerprint density at radius 1 is 1.12 bits per heavy atom. The second-order valence-electron chi connectivity index (χ2n) is 7.70. The van der Waals surface area contributed by atoms with Crippen LogP contribution >= 0.6 is 11.3 Å². The highest BCUT2D eigenvalue weighted by molar-refractivity contribution is 7.89. The molecule has 0 saturated carbocycles. The molecule has 2 aromatic carbocycles. The second-order valence-corrected chi connectivity index (χ2v) is 10.6. The number of carbonyl (C=O) groups excluding carboxylic acids is 1. The van der Waals surface area contributed by atoms with Gasteiger partial charge in [0, 0.05) is 31.8 Å². The van der Waals surface area contributed by atoms with Gasteiger partial charge in [0.25, 0.3) is 5.91 Å². The molecule has 4 rings (SSSR count). The summed E-state index contributed by atoms with van der Waals surface area (Å²) < 4.78 is 62.1. The summed E-state index contributed by atoms with van der Waals surface area (Å²) in [5, 5.41) is 0. The third-order valence-corrected chi connectivity index (χ3v) is 8.06. The number of nitrogens with zero attached hydrogens (tertiary/aromatic N) is 3. The highest BCUT2D eigenvalue weighted by Gasteiger charge is 2.32. The first kappa shape index (κ1) is 22.7. The van der Waals surface area contributed by atoms with Crippen LogP contribution in [0.3, 0.4) is 0 Å². The van der Waals surface area contributed by atoms with Gasteiger partial charge in [0.05, 0.1) is 27.3 Å². The molecular formula is C21H21F2N3O4S2. The Hall–Kier alpha value is -2.47. The minimum atomic E-state index is -3.73. The molecule has 0 N–H and O–H groups in total. The van der Waals surface area contributed by atoms with E-state index in [-0.39, 0.29) is 46.1 Å². The number of aryl methyl sites for hydroxylation is 1. The summed E-state index contributed by atoms with van der Waals surface area (Å²) in [6.45, 7) is 4.13. The zero-order valence-corrected chi connectivity index (χ0v) is 19.2. The number of hydrogen-bond acceptors (Lipinski definition) is 5. The number of amides is 1. The van der Waals surface area contributed by atoms with E-state index in [1.54, 1.807) is 0 Å². The van der Waals surface area contributed by atoms with Crippen LogP contribution in [0.4, 0.5) is 8.78 Å². The predicted octanol–water partition coefficient (Wildman–Crippen LogP) is 3.06. The highest BCUT2D eigenvalue weighted by Crippen LogP contribution is 2.23. The molecule has 1 aliphatic rings. The van der Waals surface area contributed by atoms with Crippen LogP contribution in [0.5, 0.6) is 0 Å². The molecule has 3 aromatic rings. The van der Waals surface area contributed by atoms with Crippen molar-refractivity contribution in [2.45, 2.75) is 31.0 Å². The van der Waals surface area contributed by atoms with E-state index in [1.165, 1.54) is 46.3 Å². The van der Waals surface area contributed by atoms with Gasteiger partial charge in [-0.3, -0.25) is 4.79 Å². The number of morpholine rings is 1. The Morgan fingerprint density at radius 2 is 1.75 bits per heavy atom. The van der Waals surface area contributed by atoms with Crippen LogP contribution in [-0.2, 0) is 21.8 Å². The molecule has 2 atom stereocenters. The molecule has 0 radical (unpaired) electrons. The van der Waals surface area contributed by atoms with Gasteiger partial charge in [0.15, 0.2) is 10.6 Å². The van der Waals surface area contributed by atoms with Crippen LogP contribution in [-0.4, -0.2) is 48.5 Å². The fourth-order valence-electron chi connectivity index (χ4n) is 3.70. The fraction of sp³-hybridized carbons (Fsp3) is 0.333. The van der Waals surface area contributed by atoms with Crippen molar-refractivity contribution in [2.75, 3.05) is 13.1 Å². The first-order valence-corrected chi connectivity index (χ1v) is 12.1. The summed E-state index contributed by atoms with van der Waals surface area (Å²) in [6, 6.07) is 7.46. The van der Waals surface area contributed by atoms with Crippen molar-refractivity contribution in [3.8, 4) is 0 Å². The molecule has 2 heterocycles. The largest absolute Gasteiger partial charge is 0.373 e. The lowest BCUT2D eigenvalue weighted by Gasteiger charge is -2.34. The SMILES string of the molecule is C[C@@H]1CN(S(=O)(=O)c2ccc(C(=O)N=c3sc4cc(F)cc(F)c4n3C)cc2)C[C@H](C)O1. The number of carbonyl (C=O) groups is 1. The van der Waals surface area contributed by atoms with E-state index in [2.05, 4.69) is 4.99 Å². The minimum absolute atomic E-state index is 0.0697. The van der Waals surface area contributed by atoms with Gasteiger partial charge < -0.3 is 9.30 Å². The lowest BCUT2D eigenvalue weighted by atomic mass is 10.2. The van der Waals surface area contributed by atoms with Crippen molar-refractivity contribution < 1.29 is 26.7 Å². The number of sulfonamides is 1. The van der Waals surface area contributed by atoms with E-state index in [4.69, 9.17) is 4.74 Å². The lowest BCUT2D eigenvalue weighted by Crippen LogP contribution is -2.48. The summed E-state index contributed by atoms with van der Waals surface area (Å²) in [5.41, 5.74) is 0.329. The Bertz CT molecular complexity index is 1350. The first-order valence-electron chi connectivity index (χ1n) is 9.85. The van der Waals surface area contributed by atoms with Gasteiger partial charge in [0.1, 0.15) is 5.82 Å². The third-order valence-electron chi connectivity index (χ3n) is 5.14. The molecule has 1 amide bonds. The van der Waals surface area contributed by atoms with Crippen molar-refractivity contribution in [3.05, 3.63) is 58.4 Å². The number of rotatable bonds is 3. The summed E-state index contributed by atoms with van der Waals surface area (Å²) in [7, 11) is -2.20. The molecule has 170 valence electrons. The van der Waals surface area contributed by atoms with Crippen molar-refractivity contribution >= 4 is 37.5 Å². The summed E-state index contributed by atoms with van der Waals surface area (Å²) in [4.78, 5) is 16.9. The van der Waals surface area contributed by atoms with Gasteiger partial charge in [-0.2, -0.15) is 9.30 Å². The third kappa shape index (κ3) is 4.25.